The highest BCUT2D eigenvalue weighted by Crippen LogP contribution is 2.25. The van der Waals surface area contributed by atoms with Crippen molar-refractivity contribution in [3.63, 3.8) is 0 Å². The Kier molecular flexibility index (Phi) is 3.40. The zero-order chi connectivity index (χ0) is 15.6. The third-order valence-electron chi connectivity index (χ3n) is 3.57. The number of benzene rings is 1. The second kappa shape index (κ2) is 5.70. The summed E-state index contributed by atoms with van der Waals surface area (Å²) in [4.78, 5) is 8.89. The molecule has 0 saturated carbocycles. The van der Waals surface area contributed by atoms with E-state index < -0.39 is 0 Å². The van der Waals surface area contributed by atoms with Crippen molar-refractivity contribution in [2.75, 3.05) is 0 Å². The molecular formula is C18H12N4S. The van der Waals surface area contributed by atoms with Crippen molar-refractivity contribution in [3.05, 3.63) is 77.7 Å². The van der Waals surface area contributed by atoms with Crippen LogP contribution in [0.1, 0.15) is 0 Å². The first-order valence-corrected chi connectivity index (χ1v) is 7.60. The highest BCUT2D eigenvalue weighted by atomic mass is 32.1. The molecule has 0 radical (unpaired) electrons. The summed E-state index contributed by atoms with van der Waals surface area (Å²) in [6, 6.07) is 19.5. The molecule has 0 N–H and O–H groups in total. The molecule has 0 amide bonds. The van der Waals surface area contributed by atoms with Crippen molar-refractivity contribution >= 4 is 23.1 Å². The average Bonchev–Trinajstić information content (AvgIpc) is 2.64. The first-order chi connectivity index (χ1) is 11.3. The van der Waals surface area contributed by atoms with Crippen LogP contribution in [0, 0.1) is 4.64 Å². The van der Waals surface area contributed by atoms with Crippen LogP contribution < -0.4 is 0 Å². The minimum atomic E-state index is 0.589. The van der Waals surface area contributed by atoms with Crippen LogP contribution in [0.25, 0.3) is 28.0 Å². The Balaban J connectivity index is 2.11. The van der Waals surface area contributed by atoms with Crippen molar-refractivity contribution < 1.29 is 0 Å². The Morgan fingerprint density at radius 3 is 2.35 bits per heavy atom. The molecule has 0 unspecified atom stereocenters. The molecule has 3 aromatic heterocycles. The minimum absolute atomic E-state index is 0.589. The van der Waals surface area contributed by atoms with E-state index in [1.54, 1.807) is 17.1 Å². The monoisotopic (exact) mass is 316 g/mol. The lowest BCUT2D eigenvalue weighted by atomic mass is 10.1. The maximum absolute atomic E-state index is 5.60. The molecule has 0 bridgehead atoms. The largest absolute Gasteiger partial charge is 0.255 e. The van der Waals surface area contributed by atoms with Crippen molar-refractivity contribution in [2.45, 2.75) is 0 Å². The summed E-state index contributed by atoms with van der Waals surface area (Å²) in [5, 5.41) is 5.66. The third kappa shape index (κ3) is 2.41. The molecule has 5 heteroatoms. The van der Waals surface area contributed by atoms with Crippen LogP contribution in [0.3, 0.4) is 0 Å². The topological polar surface area (TPSA) is 43.6 Å². The van der Waals surface area contributed by atoms with Gasteiger partial charge in [0.2, 0.25) is 0 Å². The molecule has 1 aromatic carbocycles. The summed E-state index contributed by atoms with van der Waals surface area (Å²) in [5.74, 6) is 0. The van der Waals surface area contributed by atoms with Crippen LogP contribution in [-0.2, 0) is 0 Å². The summed E-state index contributed by atoms with van der Waals surface area (Å²) in [5.41, 5.74) is 3.22. The predicted molar refractivity (Wildman–Crippen MR) is 92.9 cm³/mol. The Morgan fingerprint density at radius 2 is 1.57 bits per heavy atom. The van der Waals surface area contributed by atoms with E-state index in [0.29, 0.717) is 4.64 Å². The minimum Gasteiger partial charge on any atom is -0.255 e. The van der Waals surface area contributed by atoms with Crippen LogP contribution in [-0.4, -0.2) is 19.7 Å². The maximum atomic E-state index is 5.60. The first kappa shape index (κ1) is 13.7. The number of pyridine rings is 2. The molecule has 110 valence electrons. The summed E-state index contributed by atoms with van der Waals surface area (Å²) in [7, 11) is 0. The molecular weight excluding hydrogens is 304 g/mol. The van der Waals surface area contributed by atoms with Gasteiger partial charge in [-0.05, 0) is 36.4 Å². The quantitative estimate of drug-likeness (QED) is 0.520. The fourth-order valence-electron chi connectivity index (χ4n) is 2.50. The highest BCUT2D eigenvalue weighted by molar-refractivity contribution is 7.71. The van der Waals surface area contributed by atoms with Crippen LogP contribution in [0.15, 0.2) is 73.1 Å². The molecule has 0 spiro atoms. The van der Waals surface area contributed by atoms with Gasteiger partial charge in [0.05, 0.1) is 11.4 Å². The van der Waals surface area contributed by atoms with Gasteiger partial charge in [-0.15, -0.1) is 0 Å². The van der Waals surface area contributed by atoms with E-state index in [9.17, 15) is 0 Å². The highest BCUT2D eigenvalue weighted by Gasteiger charge is 2.12. The summed E-state index contributed by atoms with van der Waals surface area (Å²) in [6.45, 7) is 0. The van der Waals surface area contributed by atoms with Crippen molar-refractivity contribution in [3.8, 4) is 17.1 Å². The fourth-order valence-corrected chi connectivity index (χ4v) is 2.81. The van der Waals surface area contributed by atoms with Gasteiger partial charge in [-0.2, -0.15) is 5.10 Å². The summed E-state index contributed by atoms with van der Waals surface area (Å²) in [6.07, 6.45) is 3.50. The number of hydrogen-bond donors (Lipinski definition) is 0. The Hall–Kier alpha value is -2.92. The van der Waals surface area contributed by atoms with Crippen LogP contribution >= 0.6 is 12.2 Å². The number of fused-ring (bicyclic) bond motifs is 1. The van der Waals surface area contributed by atoms with E-state index in [-0.39, 0.29) is 0 Å². The number of para-hydroxylation sites is 1. The van der Waals surface area contributed by atoms with E-state index >= 15 is 0 Å². The molecule has 0 aliphatic heterocycles. The second-order valence-corrected chi connectivity index (χ2v) is 5.40. The van der Waals surface area contributed by atoms with Gasteiger partial charge >= 0.3 is 0 Å². The van der Waals surface area contributed by atoms with E-state index in [4.69, 9.17) is 17.3 Å². The summed E-state index contributed by atoms with van der Waals surface area (Å²) < 4.78 is 2.33. The van der Waals surface area contributed by atoms with Gasteiger partial charge in [0.1, 0.15) is 11.2 Å². The van der Waals surface area contributed by atoms with Gasteiger partial charge in [-0.25, -0.2) is 4.68 Å². The van der Waals surface area contributed by atoms with Gasteiger partial charge in [-0.3, -0.25) is 9.97 Å². The predicted octanol–water partition coefficient (Wildman–Crippen LogP) is 4.21. The molecule has 0 fully saturated rings. The van der Waals surface area contributed by atoms with Crippen molar-refractivity contribution in [1.82, 2.24) is 19.7 Å². The fraction of sp³-hybridized carbons (Fsp3) is 0. The average molecular weight is 316 g/mol. The van der Waals surface area contributed by atoms with E-state index in [1.165, 1.54) is 0 Å². The summed E-state index contributed by atoms with van der Waals surface area (Å²) >= 11 is 5.60. The lowest BCUT2D eigenvalue weighted by molar-refractivity contribution is 0.842. The third-order valence-corrected chi connectivity index (χ3v) is 3.93. The molecule has 0 atom stereocenters. The van der Waals surface area contributed by atoms with E-state index in [1.807, 2.05) is 60.7 Å². The zero-order valence-corrected chi connectivity index (χ0v) is 12.9. The molecule has 0 saturated heterocycles. The molecule has 4 rings (SSSR count). The molecule has 3 heterocycles. The van der Waals surface area contributed by atoms with E-state index in [0.717, 1.165) is 28.0 Å². The SMILES string of the molecule is S=c1c2ncccc2c(-c2ccccn2)nn1-c1ccccc1. The number of rotatable bonds is 2. The Labute approximate surface area is 138 Å². The van der Waals surface area contributed by atoms with Crippen LogP contribution in [0.5, 0.6) is 0 Å². The molecule has 0 aliphatic rings. The second-order valence-electron chi connectivity index (χ2n) is 5.02. The molecule has 0 aliphatic carbocycles. The van der Waals surface area contributed by atoms with Gasteiger partial charge in [0.25, 0.3) is 0 Å². The molecule has 23 heavy (non-hydrogen) atoms. The number of hydrogen-bond acceptors (Lipinski definition) is 4. The van der Waals surface area contributed by atoms with Crippen molar-refractivity contribution in [1.29, 1.82) is 0 Å². The lowest BCUT2D eigenvalue weighted by Crippen LogP contribution is -2.06. The van der Waals surface area contributed by atoms with Gasteiger partial charge in [0, 0.05) is 17.8 Å². The molecule has 4 aromatic rings. The van der Waals surface area contributed by atoms with Crippen LogP contribution in [0.4, 0.5) is 0 Å². The first-order valence-electron chi connectivity index (χ1n) is 7.19. The number of nitrogens with zero attached hydrogens (tertiary/aromatic N) is 4. The molecule has 4 nitrogen and oxygen atoms in total. The number of aromatic nitrogens is 4. The Bertz CT molecular complexity index is 1030. The maximum Gasteiger partial charge on any atom is 0.154 e. The standard InChI is InChI=1S/C18H12N4S/c23-18-17-14(9-6-12-20-17)16(15-10-4-5-11-19-15)21-22(18)13-7-2-1-3-8-13/h1-12H. The lowest BCUT2D eigenvalue weighted by Gasteiger charge is -2.11. The normalized spacial score (nSPS) is 10.8. The smallest absolute Gasteiger partial charge is 0.154 e. The Morgan fingerprint density at radius 1 is 0.783 bits per heavy atom. The van der Waals surface area contributed by atoms with Crippen molar-refractivity contribution in [2.24, 2.45) is 0 Å². The van der Waals surface area contributed by atoms with Gasteiger partial charge in [0.15, 0.2) is 4.64 Å². The van der Waals surface area contributed by atoms with Gasteiger partial charge < -0.3 is 0 Å². The van der Waals surface area contributed by atoms with Crippen LogP contribution in [0.2, 0.25) is 0 Å². The van der Waals surface area contributed by atoms with E-state index in [2.05, 4.69) is 9.97 Å². The van der Waals surface area contributed by atoms with Gasteiger partial charge in [-0.1, -0.05) is 36.5 Å². The zero-order valence-electron chi connectivity index (χ0n) is 12.1.